The van der Waals surface area contributed by atoms with Crippen LogP contribution in [0.2, 0.25) is 0 Å². The maximum atomic E-state index is 12.0. The molecule has 0 bridgehead atoms. The average Bonchev–Trinajstić information content (AvgIpc) is 2.68. The molecule has 0 heterocycles. The van der Waals surface area contributed by atoms with Gasteiger partial charge in [0.05, 0.1) is 6.54 Å². The summed E-state index contributed by atoms with van der Waals surface area (Å²) in [5, 5.41) is 5.97. The predicted octanol–water partition coefficient (Wildman–Crippen LogP) is 4.92. The highest BCUT2D eigenvalue weighted by molar-refractivity contribution is 14.1. The van der Waals surface area contributed by atoms with Crippen molar-refractivity contribution in [3.05, 3.63) is 88.0 Å². The number of rotatable bonds is 7. The molecule has 0 atom stereocenters. The molecule has 0 saturated heterocycles. The van der Waals surface area contributed by atoms with Gasteiger partial charge in [-0.1, -0.05) is 30.3 Å². The van der Waals surface area contributed by atoms with Crippen LogP contribution in [-0.2, 0) is 11.4 Å². The molecule has 0 aliphatic rings. The summed E-state index contributed by atoms with van der Waals surface area (Å²) < 4.78 is 6.90. The number of benzene rings is 3. The number of anilines is 2. The Bertz CT molecular complexity index is 834. The minimum absolute atomic E-state index is 0.0958. The third-order valence-corrected chi connectivity index (χ3v) is 4.40. The van der Waals surface area contributed by atoms with Crippen molar-refractivity contribution >= 4 is 39.9 Å². The Kier molecular flexibility index (Phi) is 6.49. The summed E-state index contributed by atoms with van der Waals surface area (Å²) >= 11 is 2.25. The van der Waals surface area contributed by atoms with Crippen LogP contribution in [-0.4, -0.2) is 12.5 Å². The van der Waals surface area contributed by atoms with Gasteiger partial charge in [0, 0.05) is 14.9 Å². The second kappa shape index (κ2) is 9.24. The number of halogens is 1. The van der Waals surface area contributed by atoms with Gasteiger partial charge in [0.2, 0.25) is 5.91 Å². The molecule has 0 aromatic heterocycles. The van der Waals surface area contributed by atoms with E-state index in [0.717, 1.165) is 26.3 Å². The maximum Gasteiger partial charge on any atom is 0.243 e. The molecular formula is C21H19IN2O2. The summed E-state index contributed by atoms with van der Waals surface area (Å²) in [6.07, 6.45) is 0. The Balaban J connectivity index is 1.45. The van der Waals surface area contributed by atoms with Crippen LogP contribution in [0.1, 0.15) is 5.56 Å². The molecule has 0 spiro atoms. The minimum atomic E-state index is -0.0958. The fraction of sp³-hybridized carbons (Fsp3) is 0.0952. The van der Waals surface area contributed by atoms with E-state index in [0.29, 0.717) is 6.61 Å². The third-order valence-electron chi connectivity index (χ3n) is 3.68. The first-order valence-corrected chi connectivity index (χ1v) is 9.33. The van der Waals surface area contributed by atoms with Crippen LogP contribution < -0.4 is 15.4 Å². The molecule has 0 radical (unpaired) electrons. The summed E-state index contributed by atoms with van der Waals surface area (Å²) in [6, 6.07) is 25.3. The SMILES string of the molecule is O=C(CNc1ccc(I)cc1)Nc1ccc(OCc2ccccc2)cc1. The van der Waals surface area contributed by atoms with Crippen molar-refractivity contribution in [1.82, 2.24) is 0 Å². The first kappa shape index (κ1) is 18.3. The zero-order valence-corrected chi connectivity index (χ0v) is 16.3. The molecule has 26 heavy (non-hydrogen) atoms. The molecule has 0 aliphatic carbocycles. The van der Waals surface area contributed by atoms with E-state index in [1.54, 1.807) is 0 Å². The van der Waals surface area contributed by atoms with E-state index < -0.39 is 0 Å². The summed E-state index contributed by atoms with van der Waals surface area (Å²) in [4.78, 5) is 12.0. The van der Waals surface area contributed by atoms with E-state index in [4.69, 9.17) is 4.74 Å². The van der Waals surface area contributed by atoms with Crippen LogP contribution in [0.3, 0.4) is 0 Å². The molecule has 3 aromatic carbocycles. The van der Waals surface area contributed by atoms with E-state index in [1.165, 1.54) is 0 Å². The highest BCUT2D eigenvalue weighted by Crippen LogP contribution is 2.17. The lowest BCUT2D eigenvalue weighted by Gasteiger charge is -2.10. The molecule has 2 N–H and O–H groups in total. The topological polar surface area (TPSA) is 50.4 Å². The number of ether oxygens (including phenoxy) is 1. The van der Waals surface area contributed by atoms with Gasteiger partial charge < -0.3 is 15.4 Å². The molecule has 5 heteroatoms. The minimum Gasteiger partial charge on any atom is -0.489 e. The lowest BCUT2D eigenvalue weighted by atomic mass is 10.2. The molecule has 1 amide bonds. The molecule has 0 unspecified atom stereocenters. The van der Waals surface area contributed by atoms with E-state index in [2.05, 4.69) is 33.2 Å². The van der Waals surface area contributed by atoms with Gasteiger partial charge in [-0.3, -0.25) is 4.79 Å². The van der Waals surface area contributed by atoms with Crippen molar-refractivity contribution in [3.63, 3.8) is 0 Å². The monoisotopic (exact) mass is 458 g/mol. The van der Waals surface area contributed by atoms with Crippen LogP contribution in [0.15, 0.2) is 78.9 Å². The van der Waals surface area contributed by atoms with Gasteiger partial charge in [0.1, 0.15) is 12.4 Å². The molecule has 3 rings (SSSR count). The first-order chi connectivity index (χ1) is 12.7. The van der Waals surface area contributed by atoms with Crippen molar-refractivity contribution in [2.45, 2.75) is 6.61 Å². The summed E-state index contributed by atoms with van der Waals surface area (Å²) in [7, 11) is 0. The summed E-state index contributed by atoms with van der Waals surface area (Å²) in [6.45, 7) is 0.735. The van der Waals surface area contributed by atoms with E-state index in [-0.39, 0.29) is 12.5 Å². The molecule has 3 aromatic rings. The molecule has 132 valence electrons. The number of amides is 1. The van der Waals surface area contributed by atoms with Crippen LogP contribution >= 0.6 is 22.6 Å². The molecule has 0 aliphatic heterocycles. The zero-order valence-electron chi connectivity index (χ0n) is 14.1. The molecular weight excluding hydrogens is 439 g/mol. The molecule has 0 fully saturated rings. The largest absolute Gasteiger partial charge is 0.489 e. The number of carbonyl (C=O) groups excluding carboxylic acids is 1. The van der Waals surface area contributed by atoms with Crippen molar-refractivity contribution in [2.24, 2.45) is 0 Å². The van der Waals surface area contributed by atoms with E-state index in [1.807, 2.05) is 78.9 Å². The lowest BCUT2D eigenvalue weighted by Crippen LogP contribution is -2.21. The van der Waals surface area contributed by atoms with Gasteiger partial charge in [-0.2, -0.15) is 0 Å². The normalized spacial score (nSPS) is 10.2. The Morgan fingerprint density at radius 1 is 0.846 bits per heavy atom. The predicted molar refractivity (Wildman–Crippen MR) is 113 cm³/mol. The average molecular weight is 458 g/mol. The van der Waals surface area contributed by atoms with Crippen molar-refractivity contribution in [2.75, 3.05) is 17.2 Å². The quantitative estimate of drug-likeness (QED) is 0.495. The van der Waals surface area contributed by atoms with Gasteiger partial charge in [-0.15, -0.1) is 0 Å². The van der Waals surface area contributed by atoms with Crippen molar-refractivity contribution < 1.29 is 9.53 Å². The number of hydrogen-bond acceptors (Lipinski definition) is 3. The number of hydrogen-bond donors (Lipinski definition) is 2. The second-order valence-corrected chi connectivity index (χ2v) is 6.95. The fourth-order valence-corrected chi connectivity index (χ4v) is 2.69. The molecule has 4 nitrogen and oxygen atoms in total. The first-order valence-electron chi connectivity index (χ1n) is 8.25. The smallest absolute Gasteiger partial charge is 0.243 e. The zero-order chi connectivity index (χ0) is 18.2. The Morgan fingerprint density at radius 3 is 2.19 bits per heavy atom. The Labute approximate surface area is 166 Å². The van der Waals surface area contributed by atoms with E-state index >= 15 is 0 Å². The standard InChI is InChI=1S/C21H19IN2O2/c22-17-6-8-18(9-7-17)23-14-21(25)24-19-10-12-20(13-11-19)26-15-16-4-2-1-3-5-16/h1-13,23H,14-15H2,(H,24,25). The van der Waals surface area contributed by atoms with Gasteiger partial charge >= 0.3 is 0 Å². The van der Waals surface area contributed by atoms with Gasteiger partial charge in [-0.05, 0) is 76.7 Å². The van der Waals surface area contributed by atoms with Crippen LogP contribution in [0.4, 0.5) is 11.4 Å². The third kappa shape index (κ3) is 5.77. The fourth-order valence-electron chi connectivity index (χ4n) is 2.33. The van der Waals surface area contributed by atoms with Gasteiger partial charge in [0.25, 0.3) is 0 Å². The van der Waals surface area contributed by atoms with Crippen LogP contribution in [0.25, 0.3) is 0 Å². The van der Waals surface area contributed by atoms with Gasteiger partial charge in [0.15, 0.2) is 0 Å². The number of carbonyl (C=O) groups is 1. The van der Waals surface area contributed by atoms with Crippen molar-refractivity contribution in [1.29, 1.82) is 0 Å². The van der Waals surface area contributed by atoms with Crippen LogP contribution in [0, 0.1) is 3.57 Å². The molecule has 0 saturated carbocycles. The van der Waals surface area contributed by atoms with E-state index in [9.17, 15) is 4.79 Å². The Morgan fingerprint density at radius 2 is 1.50 bits per heavy atom. The Hall–Kier alpha value is -2.54. The summed E-state index contributed by atoms with van der Waals surface area (Å²) in [5.41, 5.74) is 2.78. The highest BCUT2D eigenvalue weighted by atomic mass is 127. The van der Waals surface area contributed by atoms with Crippen molar-refractivity contribution in [3.8, 4) is 5.75 Å². The second-order valence-electron chi connectivity index (χ2n) is 5.71. The summed E-state index contributed by atoms with van der Waals surface area (Å²) in [5.74, 6) is 0.672. The van der Waals surface area contributed by atoms with Gasteiger partial charge in [-0.25, -0.2) is 0 Å². The highest BCUT2D eigenvalue weighted by Gasteiger charge is 2.03. The maximum absolute atomic E-state index is 12.0. The van der Waals surface area contributed by atoms with Crippen LogP contribution in [0.5, 0.6) is 5.75 Å². The number of nitrogens with one attached hydrogen (secondary N) is 2. The lowest BCUT2D eigenvalue weighted by molar-refractivity contribution is -0.114.